The van der Waals surface area contributed by atoms with Crippen LogP contribution in [0.4, 0.5) is 0 Å². The number of ketones is 1. The molecule has 0 saturated heterocycles. The number of carbonyl (C=O) groups excluding carboxylic acids is 3. The molecule has 0 aromatic carbocycles. The highest BCUT2D eigenvalue weighted by atomic mass is 16.4. The summed E-state index contributed by atoms with van der Waals surface area (Å²) in [4.78, 5) is 53.6. The third kappa shape index (κ3) is 12.5. The van der Waals surface area contributed by atoms with Crippen LogP contribution < -0.4 is 16.4 Å². The molecule has 6 atom stereocenters. The van der Waals surface area contributed by atoms with Crippen LogP contribution in [0, 0.1) is 11.8 Å². The largest absolute Gasteiger partial charge is 0.480 e. The van der Waals surface area contributed by atoms with Crippen LogP contribution in [0.3, 0.4) is 0 Å². The number of aromatic amines is 1. The molecule has 1 aromatic heterocycles. The Labute approximate surface area is 220 Å². The van der Waals surface area contributed by atoms with Gasteiger partial charge in [-0.2, -0.15) is 0 Å². The number of H-pyrrole nitrogens is 1. The molecule has 6 unspecified atom stereocenters. The third-order valence-corrected chi connectivity index (χ3v) is 5.35. The fraction of sp³-hybridized carbons (Fsp3) is 0.696. The maximum atomic E-state index is 12.6. The van der Waals surface area contributed by atoms with Crippen molar-refractivity contribution in [2.75, 3.05) is 13.2 Å². The normalized spacial score (nSPS) is 15.9. The van der Waals surface area contributed by atoms with Gasteiger partial charge in [0.15, 0.2) is 5.78 Å². The van der Waals surface area contributed by atoms with Gasteiger partial charge in [-0.25, -0.2) is 9.78 Å². The fourth-order valence-electron chi connectivity index (χ4n) is 2.96. The molecule has 11 N–H and O–H groups in total. The van der Waals surface area contributed by atoms with Crippen LogP contribution >= 0.6 is 0 Å². The second kappa shape index (κ2) is 17.5. The summed E-state index contributed by atoms with van der Waals surface area (Å²) >= 11 is 0. The van der Waals surface area contributed by atoms with Crippen molar-refractivity contribution >= 4 is 23.6 Å². The number of aliphatic hydroxyl groups excluding tert-OH is 5. The standard InChI is InChI=1S/C17H29N5O4.C6H12O6/c1-9(2)5-13(17(25)26)22-15(23)12(6-11-7-19-8-20-11)21-16(24)14(18)10(3)4;7-1-3(9)5(11)6(12)4(10)2-8/h7-10,12-14H,5-6,18H2,1-4H3,(H,19,20)(H,21,24)(H,22,23)(H,25,26);3,5-9,11-12H,1-2H2. The Morgan fingerprint density at radius 1 is 1.00 bits per heavy atom. The van der Waals surface area contributed by atoms with Crippen LogP contribution in [0.2, 0.25) is 0 Å². The Morgan fingerprint density at radius 3 is 2.00 bits per heavy atom. The monoisotopic (exact) mass is 547 g/mol. The van der Waals surface area contributed by atoms with Crippen LogP contribution in [-0.4, -0.2) is 114 Å². The first-order valence-electron chi connectivity index (χ1n) is 12.0. The predicted octanol–water partition coefficient (Wildman–Crippen LogP) is -3.34. The Kier molecular flexibility index (Phi) is 16.2. The molecule has 0 saturated carbocycles. The van der Waals surface area contributed by atoms with E-state index in [-0.39, 0.29) is 24.7 Å². The van der Waals surface area contributed by atoms with Gasteiger partial charge in [-0.1, -0.05) is 27.7 Å². The number of amides is 2. The second-order valence-electron chi connectivity index (χ2n) is 9.45. The highest BCUT2D eigenvalue weighted by molar-refractivity contribution is 5.92. The molecular formula is C23H41N5O10. The van der Waals surface area contributed by atoms with E-state index in [1.165, 1.54) is 12.5 Å². The first-order chi connectivity index (χ1) is 17.7. The van der Waals surface area contributed by atoms with Gasteiger partial charge in [0.05, 0.1) is 19.0 Å². The lowest BCUT2D eigenvalue weighted by atomic mass is 10.0. The predicted molar refractivity (Wildman–Crippen MR) is 133 cm³/mol. The first-order valence-corrected chi connectivity index (χ1v) is 12.0. The number of nitrogens with two attached hydrogens (primary N) is 1. The molecule has 0 radical (unpaired) electrons. The molecule has 0 fully saturated rings. The summed E-state index contributed by atoms with van der Waals surface area (Å²) in [7, 11) is 0. The van der Waals surface area contributed by atoms with Crippen molar-refractivity contribution in [3.63, 3.8) is 0 Å². The van der Waals surface area contributed by atoms with E-state index in [1.54, 1.807) is 13.8 Å². The number of aromatic nitrogens is 2. The van der Waals surface area contributed by atoms with Crippen molar-refractivity contribution in [3.8, 4) is 0 Å². The molecular weight excluding hydrogens is 506 g/mol. The number of hydrogen-bond donors (Lipinski definition) is 10. The minimum atomic E-state index is -1.86. The van der Waals surface area contributed by atoms with E-state index in [0.29, 0.717) is 5.69 Å². The lowest BCUT2D eigenvalue weighted by Crippen LogP contribution is -2.56. The van der Waals surface area contributed by atoms with Crippen molar-refractivity contribution in [2.24, 2.45) is 17.6 Å². The summed E-state index contributed by atoms with van der Waals surface area (Å²) in [6.07, 6.45) is -1.78. The van der Waals surface area contributed by atoms with Gasteiger partial charge in [-0.15, -0.1) is 0 Å². The molecule has 0 aliphatic rings. The van der Waals surface area contributed by atoms with E-state index in [1.807, 2.05) is 13.8 Å². The van der Waals surface area contributed by atoms with Crippen molar-refractivity contribution in [2.45, 2.75) is 77.0 Å². The van der Waals surface area contributed by atoms with E-state index in [2.05, 4.69) is 20.6 Å². The summed E-state index contributed by atoms with van der Waals surface area (Å²) in [6.45, 7) is 5.66. The zero-order valence-electron chi connectivity index (χ0n) is 21.9. The van der Waals surface area contributed by atoms with E-state index in [4.69, 9.17) is 31.3 Å². The van der Waals surface area contributed by atoms with Crippen LogP contribution in [0.25, 0.3) is 0 Å². The number of Topliss-reactive ketones (excluding diaryl/α,β-unsaturated/α-hetero) is 1. The van der Waals surface area contributed by atoms with Crippen molar-refractivity contribution < 1.29 is 49.8 Å². The number of aliphatic carboxylic acids is 1. The highest BCUT2D eigenvalue weighted by Crippen LogP contribution is 2.07. The number of carboxylic acid groups (broad SMARTS) is 1. The van der Waals surface area contributed by atoms with E-state index in [0.717, 1.165) is 0 Å². The molecule has 1 aromatic rings. The van der Waals surface area contributed by atoms with E-state index < -0.39 is 73.2 Å². The summed E-state index contributed by atoms with van der Waals surface area (Å²) in [6, 6.07) is -2.75. The zero-order chi connectivity index (χ0) is 29.6. The van der Waals surface area contributed by atoms with Gasteiger partial charge >= 0.3 is 5.97 Å². The Hall–Kier alpha value is -2.95. The number of rotatable bonds is 15. The number of hydrogen-bond acceptors (Lipinski definition) is 11. The number of carboxylic acids is 1. The van der Waals surface area contributed by atoms with Gasteiger partial charge < -0.3 is 52.0 Å². The lowest BCUT2D eigenvalue weighted by Gasteiger charge is -2.24. The van der Waals surface area contributed by atoms with Gasteiger partial charge in [-0.3, -0.25) is 14.4 Å². The molecule has 15 nitrogen and oxygen atoms in total. The van der Waals surface area contributed by atoms with Gasteiger partial charge in [0.25, 0.3) is 0 Å². The maximum Gasteiger partial charge on any atom is 0.326 e. The average molecular weight is 548 g/mol. The Morgan fingerprint density at radius 2 is 1.58 bits per heavy atom. The third-order valence-electron chi connectivity index (χ3n) is 5.35. The van der Waals surface area contributed by atoms with Crippen molar-refractivity contribution in [1.29, 1.82) is 0 Å². The molecule has 0 aliphatic heterocycles. The minimum Gasteiger partial charge on any atom is -0.480 e. The number of nitrogens with zero attached hydrogens (tertiary/aromatic N) is 1. The van der Waals surface area contributed by atoms with Crippen LogP contribution in [0.1, 0.15) is 39.8 Å². The van der Waals surface area contributed by atoms with Gasteiger partial charge in [0.2, 0.25) is 11.8 Å². The molecule has 0 bridgehead atoms. The SMILES string of the molecule is CC(C)CC(NC(=O)C(Cc1cnc[nH]1)NC(=O)C(N)C(C)C)C(=O)O.O=C(CO)C(O)C(O)C(O)CO. The Balaban J connectivity index is 0.000000958. The van der Waals surface area contributed by atoms with E-state index in [9.17, 15) is 24.3 Å². The minimum absolute atomic E-state index is 0.0893. The molecule has 1 heterocycles. The smallest absolute Gasteiger partial charge is 0.326 e. The average Bonchev–Trinajstić information content (AvgIpc) is 3.38. The molecule has 2 amide bonds. The molecule has 218 valence electrons. The van der Waals surface area contributed by atoms with Gasteiger partial charge in [0.1, 0.15) is 37.0 Å². The molecule has 0 aliphatic carbocycles. The summed E-state index contributed by atoms with van der Waals surface area (Å²) < 4.78 is 0. The van der Waals surface area contributed by atoms with Crippen LogP contribution in [-0.2, 0) is 25.6 Å². The first kappa shape index (κ1) is 35.0. The summed E-state index contributed by atoms with van der Waals surface area (Å²) in [5, 5.41) is 57.5. The van der Waals surface area contributed by atoms with Gasteiger partial charge in [0, 0.05) is 18.3 Å². The Bertz CT molecular complexity index is 865. The number of imidazole rings is 1. The van der Waals surface area contributed by atoms with Crippen LogP contribution in [0.5, 0.6) is 0 Å². The molecule has 1 rings (SSSR count). The second-order valence-corrected chi connectivity index (χ2v) is 9.45. The number of aliphatic hydroxyl groups is 5. The van der Waals surface area contributed by atoms with Crippen LogP contribution in [0.15, 0.2) is 12.5 Å². The quantitative estimate of drug-likeness (QED) is 0.103. The van der Waals surface area contributed by atoms with Crippen molar-refractivity contribution in [1.82, 2.24) is 20.6 Å². The number of carbonyl (C=O) groups is 4. The molecule has 15 heteroatoms. The van der Waals surface area contributed by atoms with E-state index >= 15 is 0 Å². The molecule has 0 spiro atoms. The number of nitrogens with one attached hydrogen (secondary N) is 3. The zero-order valence-corrected chi connectivity index (χ0v) is 21.9. The topological polar surface area (TPSA) is 268 Å². The van der Waals surface area contributed by atoms with Crippen molar-refractivity contribution in [3.05, 3.63) is 18.2 Å². The fourth-order valence-corrected chi connectivity index (χ4v) is 2.96. The highest BCUT2D eigenvalue weighted by Gasteiger charge is 2.30. The lowest BCUT2D eigenvalue weighted by molar-refractivity contribution is -0.143. The van der Waals surface area contributed by atoms with Gasteiger partial charge in [-0.05, 0) is 18.3 Å². The molecule has 38 heavy (non-hydrogen) atoms. The summed E-state index contributed by atoms with van der Waals surface area (Å²) in [5.41, 5.74) is 6.48. The maximum absolute atomic E-state index is 12.6. The summed E-state index contributed by atoms with van der Waals surface area (Å²) in [5.74, 6) is -3.16.